The Morgan fingerprint density at radius 3 is 2.24 bits per heavy atom. The Hall–Kier alpha value is -0.870. The average Bonchev–Trinajstić information content (AvgIpc) is 2.72. The van der Waals surface area contributed by atoms with Gasteiger partial charge in [0, 0.05) is 6.04 Å². The van der Waals surface area contributed by atoms with Crippen molar-refractivity contribution in [1.29, 1.82) is 0 Å². The Morgan fingerprint density at radius 1 is 1.14 bits per heavy atom. The number of benzene rings is 1. The maximum Gasteiger partial charge on any atom is 0.240 e. The second-order valence-corrected chi connectivity index (χ2v) is 9.31. The summed E-state index contributed by atoms with van der Waals surface area (Å²) in [6.07, 6.45) is 3.31. The Balaban J connectivity index is 1.86. The summed E-state index contributed by atoms with van der Waals surface area (Å²) >= 11 is 0. The molecule has 0 radical (unpaired) electrons. The third-order valence-electron chi connectivity index (χ3n) is 6.42. The van der Waals surface area contributed by atoms with Crippen LogP contribution in [0.25, 0.3) is 0 Å². The van der Waals surface area contributed by atoms with E-state index in [-0.39, 0.29) is 16.9 Å². The van der Waals surface area contributed by atoms with Crippen LogP contribution in [0.1, 0.15) is 45.6 Å². The summed E-state index contributed by atoms with van der Waals surface area (Å²) in [5, 5.41) is 0. The van der Waals surface area contributed by atoms with Crippen LogP contribution in [0.15, 0.2) is 29.2 Å². The average molecular weight is 307 g/mol. The Morgan fingerprint density at radius 2 is 1.76 bits per heavy atom. The van der Waals surface area contributed by atoms with E-state index >= 15 is 0 Å². The summed E-state index contributed by atoms with van der Waals surface area (Å²) in [5.74, 6) is 0.633. The summed E-state index contributed by atoms with van der Waals surface area (Å²) in [5.41, 5.74) is 1.35. The van der Waals surface area contributed by atoms with Gasteiger partial charge in [0.2, 0.25) is 10.0 Å². The summed E-state index contributed by atoms with van der Waals surface area (Å²) in [6.45, 7) is 8.81. The fourth-order valence-corrected chi connectivity index (χ4v) is 5.72. The molecule has 21 heavy (non-hydrogen) atoms. The molecule has 0 saturated heterocycles. The highest BCUT2D eigenvalue weighted by molar-refractivity contribution is 7.89. The van der Waals surface area contributed by atoms with Crippen LogP contribution in [-0.4, -0.2) is 14.5 Å². The van der Waals surface area contributed by atoms with Crippen LogP contribution in [0.4, 0.5) is 0 Å². The van der Waals surface area contributed by atoms with Gasteiger partial charge >= 0.3 is 0 Å². The molecule has 1 aromatic carbocycles. The van der Waals surface area contributed by atoms with Crippen LogP contribution >= 0.6 is 0 Å². The lowest BCUT2D eigenvalue weighted by molar-refractivity contribution is 0.130. The molecule has 116 valence electrons. The van der Waals surface area contributed by atoms with Crippen molar-refractivity contribution in [1.82, 2.24) is 4.72 Å². The molecule has 3 rings (SSSR count). The van der Waals surface area contributed by atoms with Crippen molar-refractivity contribution in [3.63, 3.8) is 0 Å². The third kappa shape index (κ3) is 2.15. The van der Waals surface area contributed by atoms with Crippen LogP contribution in [0.3, 0.4) is 0 Å². The number of sulfonamides is 1. The molecule has 1 aromatic rings. The molecule has 0 aromatic heterocycles. The van der Waals surface area contributed by atoms with Crippen molar-refractivity contribution in [3.05, 3.63) is 29.8 Å². The number of aryl methyl sites for hydroxylation is 1. The predicted octanol–water partition coefficient (Wildman–Crippen LogP) is 3.49. The molecule has 1 N–H and O–H groups in total. The van der Waals surface area contributed by atoms with Gasteiger partial charge in [0.1, 0.15) is 0 Å². The van der Waals surface area contributed by atoms with E-state index in [1.165, 1.54) is 6.42 Å². The molecule has 2 saturated carbocycles. The summed E-state index contributed by atoms with van der Waals surface area (Å²) < 4.78 is 28.2. The van der Waals surface area contributed by atoms with Crippen molar-refractivity contribution in [3.8, 4) is 0 Å². The molecule has 0 aliphatic heterocycles. The first-order valence-corrected chi connectivity index (χ1v) is 9.24. The van der Waals surface area contributed by atoms with Gasteiger partial charge in [-0.15, -0.1) is 0 Å². The highest BCUT2D eigenvalue weighted by atomic mass is 32.2. The topological polar surface area (TPSA) is 46.2 Å². The molecule has 3 nitrogen and oxygen atoms in total. The lowest BCUT2D eigenvalue weighted by Gasteiger charge is -2.39. The minimum atomic E-state index is -3.42. The summed E-state index contributed by atoms with van der Waals surface area (Å²) in [7, 11) is -3.42. The molecule has 2 aliphatic rings. The number of hydrogen-bond donors (Lipinski definition) is 1. The molecule has 4 heteroatoms. The highest BCUT2D eigenvalue weighted by Gasteiger charge is 2.61. The van der Waals surface area contributed by atoms with Crippen molar-refractivity contribution >= 4 is 10.0 Å². The van der Waals surface area contributed by atoms with Crippen LogP contribution in [0.5, 0.6) is 0 Å². The minimum absolute atomic E-state index is 0.0533. The molecule has 2 fully saturated rings. The smallest absolute Gasteiger partial charge is 0.207 e. The van der Waals surface area contributed by atoms with Crippen molar-refractivity contribution in [2.75, 3.05) is 0 Å². The lowest BCUT2D eigenvalue weighted by Crippen LogP contribution is -2.46. The zero-order valence-electron chi connectivity index (χ0n) is 13.3. The van der Waals surface area contributed by atoms with E-state index in [0.717, 1.165) is 18.4 Å². The first-order chi connectivity index (χ1) is 9.67. The van der Waals surface area contributed by atoms with E-state index in [4.69, 9.17) is 0 Å². The van der Waals surface area contributed by atoms with E-state index in [9.17, 15) is 8.42 Å². The van der Waals surface area contributed by atoms with Gasteiger partial charge in [0.15, 0.2) is 0 Å². The normalized spacial score (nSPS) is 34.3. The van der Waals surface area contributed by atoms with Gasteiger partial charge < -0.3 is 0 Å². The van der Waals surface area contributed by atoms with E-state index in [0.29, 0.717) is 10.8 Å². The molecular weight excluding hydrogens is 282 g/mol. The van der Waals surface area contributed by atoms with Gasteiger partial charge in [0.25, 0.3) is 0 Å². The SMILES string of the molecule is Cc1ccc(S(=O)(=O)N[C@H]2C[C@H]3CC[C@@]2(C)C3(C)C)cc1. The monoisotopic (exact) mass is 307 g/mol. The zero-order chi connectivity index (χ0) is 15.5. The molecular formula is C17H25NO2S. The first kappa shape index (κ1) is 15.0. The van der Waals surface area contributed by atoms with Crippen LogP contribution in [0.2, 0.25) is 0 Å². The van der Waals surface area contributed by atoms with Crippen LogP contribution in [0, 0.1) is 23.7 Å². The predicted molar refractivity (Wildman–Crippen MR) is 84.5 cm³/mol. The van der Waals surface area contributed by atoms with E-state index in [1.807, 2.05) is 19.1 Å². The molecule has 2 bridgehead atoms. The third-order valence-corrected chi connectivity index (χ3v) is 7.91. The standard InChI is InChI=1S/C17H25NO2S/c1-12-5-7-14(8-6-12)21(19,20)18-15-11-13-9-10-17(15,4)16(13,2)3/h5-8,13,15,18H,9-11H2,1-4H3/t13-,15+,17-/m1/s1. The highest BCUT2D eigenvalue weighted by Crippen LogP contribution is 2.65. The largest absolute Gasteiger partial charge is 0.240 e. The fraction of sp³-hybridized carbons (Fsp3) is 0.647. The van der Waals surface area contributed by atoms with E-state index in [2.05, 4.69) is 25.5 Å². The van der Waals surface area contributed by atoms with Gasteiger partial charge in [-0.2, -0.15) is 0 Å². The fourth-order valence-electron chi connectivity index (χ4n) is 4.35. The van der Waals surface area contributed by atoms with Crippen molar-refractivity contribution < 1.29 is 8.42 Å². The van der Waals surface area contributed by atoms with Crippen LogP contribution < -0.4 is 4.72 Å². The number of fused-ring (bicyclic) bond motifs is 2. The van der Waals surface area contributed by atoms with Gasteiger partial charge in [-0.05, 0) is 55.1 Å². The second kappa shape index (κ2) is 4.56. The minimum Gasteiger partial charge on any atom is -0.207 e. The van der Waals surface area contributed by atoms with Crippen molar-refractivity contribution in [2.24, 2.45) is 16.7 Å². The van der Waals surface area contributed by atoms with Crippen LogP contribution in [-0.2, 0) is 10.0 Å². The Kier molecular flexibility index (Phi) is 3.27. The Bertz CT molecular complexity index is 648. The zero-order valence-corrected chi connectivity index (χ0v) is 14.1. The van der Waals surface area contributed by atoms with E-state index in [1.54, 1.807) is 12.1 Å². The van der Waals surface area contributed by atoms with Crippen molar-refractivity contribution in [2.45, 2.75) is 57.9 Å². The Labute approximate surface area is 128 Å². The van der Waals surface area contributed by atoms with Gasteiger partial charge in [-0.3, -0.25) is 0 Å². The summed E-state index contributed by atoms with van der Waals surface area (Å²) in [6, 6.07) is 7.14. The first-order valence-electron chi connectivity index (χ1n) is 7.76. The molecule has 2 aliphatic carbocycles. The summed E-state index contributed by atoms with van der Waals surface area (Å²) in [4.78, 5) is 0.372. The van der Waals surface area contributed by atoms with E-state index < -0.39 is 10.0 Å². The number of nitrogens with one attached hydrogen (secondary N) is 1. The maximum atomic E-state index is 12.6. The molecule has 3 atom stereocenters. The molecule has 0 amide bonds. The van der Waals surface area contributed by atoms with Gasteiger partial charge in [-0.1, -0.05) is 38.5 Å². The van der Waals surface area contributed by atoms with Gasteiger partial charge in [0.05, 0.1) is 4.90 Å². The number of rotatable bonds is 3. The lowest BCUT2D eigenvalue weighted by atomic mass is 9.69. The second-order valence-electron chi connectivity index (χ2n) is 7.60. The molecule has 0 unspecified atom stereocenters. The van der Waals surface area contributed by atoms with Gasteiger partial charge in [-0.25, -0.2) is 13.1 Å². The maximum absolute atomic E-state index is 12.6. The molecule has 0 spiro atoms. The quantitative estimate of drug-likeness (QED) is 0.929. The number of hydrogen-bond acceptors (Lipinski definition) is 2. The molecule has 0 heterocycles.